The fourth-order valence-corrected chi connectivity index (χ4v) is 10.9. The number of aromatic amines is 2. The molecule has 14 nitrogen and oxygen atoms in total. The van der Waals surface area contributed by atoms with E-state index in [4.69, 9.17) is 19.4 Å². The molecular weight excluding hydrogens is 785 g/mol. The lowest BCUT2D eigenvalue weighted by Crippen LogP contribution is -2.52. The number of nitrogens with one attached hydrogen (secondary N) is 4. The van der Waals surface area contributed by atoms with Gasteiger partial charge in [-0.3, -0.25) is 14.9 Å². The Labute approximate surface area is 362 Å². The van der Waals surface area contributed by atoms with E-state index >= 15 is 0 Å². The summed E-state index contributed by atoms with van der Waals surface area (Å²) >= 11 is 0. The average molecular weight is 845 g/mol. The van der Waals surface area contributed by atoms with E-state index in [0.29, 0.717) is 24.9 Å². The number of nitrogens with zero attached hydrogens (tertiary/aromatic N) is 4. The van der Waals surface area contributed by atoms with Crippen molar-refractivity contribution in [3.05, 3.63) is 71.3 Å². The molecule has 3 aromatic carbocycles. The summed E-state index contributed by atoms with van der Waals surface area (Å²) in [4.78, 5) is 60.8. The maximum Gasteiger partial charge on any atom is 0.407 e. The van der Waals surface area contributed by atoms with Crippen molar-refractivity contribution in [3.63, 3.8) is 0 Å². The van der Waals surface area contributed by atoms with Gasteiger partial charge in [-0.1, -0.05) is 52.0 Å². The number of aliphatic hydroxyl groups excluding tert-OH is 1. The van der Waals surface area contributed by atoms with Gasteiger partial charge in [0, 0.05) is 20.2 Å². The number of alkyl carbamates (subject to hydrolysis) is 1. The summed E-state index contributed by atoms with van der Waals surface area (Å²) in [5, 5.41) is 15.8. The van der Waals surface area contributed by atoms with Gasteiger partial charge in [0.25, 0.3) is 0 Å². The Morgan fingerprint density at radius 2 is 1.16 bits per heavy atom. The van der Waals surface area contributed by atoms with Crippen molar-refractivity contribution in [2.75, 3.05) is 27.3 Å². The third kappa shape index (κ3) is 7.64. The van der Waals surface area contributed by atoms with Crippen molar-refractivity contribution in [2.24, 2.45) is 11.8 Å². The molecule has 3 aliphatic carbocycles. The van der Waals surface area contributed by atoms with E-state index in [0.717, 1.165) is 70.5 Å². The number of imidazole rings is 2. The number of methoxy groups -OCH3 is 2. The number of ether oxygens (including phenoxy) is 2. The summed E-state index contributed by atoms with van der Waals surface area (Å²) in [5.74, 6) is 2.20. The molecule has 1 saturated carbocycles. The summed E-state index contributed by atoms with van der Waals surface area (Å²) < 4.78 is 9.84. The van der Waals surface area contributed by atoms with E-state index in [-0.39, 0.29) is 35.7 Å². The van der Waals surface area contributed by atoms with Crippen molar-refractivity contribution in [1.29, 1.82) is 0 Å². The van der Waals surface area contributed by atoms with Gasteiger partial charge in [-0.05, 0) is 133 Å². The molecule has 2 aliphatic heterocycles. The largest absolute Gasteiger partial charge is 0.453 e. The maximum atomic E-state index is 13.9. The first-order chi connectivity index (χ1) is 29.9. The van der Waals surface area contributed by atoms with E-state index in [2.05, 4.69) is 69.1 Å². The van der Waals surface area contributed by atoms with Crippen molar-refractivity contribution >= 4 is 40.0 Å². The third-order valence-electron chi connectivity index (χ3n) is 14.0. The first kappa shape index (κ1) is 42.0. The molecule has 10 rings (SSSR count). The standard InChI is InChI=1S/C48H60N8O6/c1-25(2)41(53-47(59)61-5)45(57)55-21-7-9-37(55)43-49-33-19-15-29(23-35(33)51-43)31-17-18-32(40-28-13-11-27(12-14-28)39(31)40)30-16-20-34-36(24-30)52-44(50-34)38-10-8-22-56(38)46(58)42(26(3)4)54-48(60)62-6/h15-20,23-28,37-38,41-42,47,53,59H,7-14,21-22H2,1-6H3,(H,49,51)(H,50,52)(H,54,60)/t27?,28?,37-,38-,41-,42-,47?/m0/s1. The van der Waals surface area contributed by atoms with Crippen LogP contribution in [-0.2, 0) is 19.1 Å². The molecule has 4 heterocycles. The number of hydrogen-bond acceptors (Lipinski definition) is 9. The number of carbonyl (C=O) groups is 3. The van der Waals surface area contributed by atoms with E-state index in [1.165, 1.54) is 62.2 Å². The van der Waals surface area contributed by atoms with E-state index in [1.807, 2.05) is 37.5 Å². The van der Waals surface area contributed by atoms with E-state index in [1.54, 1.807) is 0 Å². The zero-order valence-electron chi connectivity index (χ0n) is 36.7. The molecule has 62 heavy (non-hydrogen) atoms. The van der Waals surface area contributed by atoms with Gasteiger partial charge in [0.2, 0.25) is 18.2 Å². The van der Waals surface area contributed by atoms with E-state index in [9.17, 15) is 19.5 Å². The number of hydrogen-bond donors (Lipinski definition) is 5. The van der Waals surface area contributed by atoms with Gasteiger partial charge in [-0.25, -0.2) is 14.8 Å². The summed E-state index contributed by atoms with van der Waals surface area (Å²) in [6, 6.07) is 15.9. The third-order valence-corrected chi connectivity index (χ3v) is 14.0. The van der Waals surface area contributed by atoms with Crippen LogP contribution in [0.15, 0.2) is 48.5 Å². The number of H-pyrrole nitrogens is 2. The first-order valence-electron chi connectivity index (χ1n) is 22.5. The number of aromatic nitrogens is 4. The molecule has 5 N–H and O–H groups in total. The molecule has 2 aromatic heterocycles. The van der Waals surface area contributed by atoms with Gasteiger partial charge < -0.3 is 39.7 Å². The first-order valence-corrected chi connectivity index (χ1v) is 22.5. The molecule has 2 bridgehead atoms. The minimum absolute atomic E-state index is 0.0462. The normalized spacial score (nSPS) is 22.5. The van der Waals surface area contributed by atoms with Crippen LogP contribution in [0.1, 0.15) is 126 Å². The maximum absolute atomic E-state index is 13.9. The van der Waals surface area contributed by atoms with Gasteiger partial charge in [-0.15, -0.1) is 0 Å². The van der Waals surface area contributed by atoms with Crippen molar-refractivity contribution < 1.29 is 29.0 Å². The summed E-state index contributed by atoms with van der Waals surface area (Å²) in [6.45, 7) is 9.01. The number of carbonyl (C=O) groups excluding carboxylic acids is 3. The van der Waals surface area contributed by atoms with Gasteiger partial charge in [0.1, 0.15) is 17.7 Å². The Bertz CT molecular complexity index is 2490. The number of benzene rings is 3. The molecule has 1 unspecified atom stereocenters. The predicted octanol–water partition coefficient (Wildman–Crippen LogP) is 7.77. The number of likely N-dealkylation sites (tertiary alicyclic amines) is 2. The number of rotatable bonds is 12. The molecule has 0 radical (unpaired) electrons. The highest BCUT2D eigenvalue weighted by Crippen LogP contribution is 2.55. The molecule has 5 aliphatic rings. The van der Waals surface area contributed by atoms with Crippen LogP contribution in [0.4, 0.5) is 4.79 Å². The Hall–Kier alpha value is -5.31. The minimum Gasteiger partial charge on any atom is -0.453 e. The van der Waals surface area contributed by atoms with Crippen LogP contribution >= 0.6 is 0 Å². The fraction of sp³-hybridized carbons (Fsp3) is 0.521. The fourth-order valence-electron chi connectivity index (χ4n) is 10.9. The summed E-state index contributed by atoms with van der Waals surface area (Å²) in [5.41, 5.74) is 11.4. The Morgan fingerprint density at radius 1 is 0.694 bits per heavy atom. The molecular formula is C48H60N8O6. The lowest BCUT2D eigenvalue weighted by Gasteiger charge is -2.41. The van der Waals surface area contributed by atoms with Crippen molar-refractivity contribution in [2.45, 2.75) is 121 Å². The molecule has 5 atom stereocenters. The second-order valence-electron chi connectivity index (χ2n) is 18.5. The van der Waals surface area contributed by atoms with E-state index < -0.39 is 24.6 Å². The van der Waals surface area contributed by atoms with Gasteiger partial charge in [0.05, 0.1) is 47.3 Å². The molecule has 3 fully saturated rings. The molecule has 2 saturated heterocycles. The van der Waals surface area contributed by atoms with Crippen LogP contribution in [-0.4, -0.2) is 98.6 Å². The van der Waals surface area contributed by atoms with Crippen molar-refractivity contribution in [3.8, 4) is 22.3 Å². The van der Waals surface area contributed by atoms with Crippen LogP contribution < -0.4 is 10.6 Å². The second kappa shape index (κ2) is 17.1. The highest BCUT2D eigenvalue weighted by atomic mass is 16.6. The number of fused-ring (bicyclic) bond motifs is 4. The topological polar surface area (TPSA) is 178 Å². The molecule has 0 spiro atoms. The van der Waals surface area contributed by atoms with Gasteiger partial charge >= 0.3 is 6.09 Å². The van der Waals surface area contributed by atoms with Crippen LogP contribution in [0.5, 0.6) is 0 Å². The van der Waals surface area contributed by atoms with Crippen LogP contribution in [0, 0.1) is 11.8 Å². The quantitative estimate of drug-likeness (QED) is 0.0785. The lowest BCUT2D eigenvalue weighted by atomic mass is 9.63. The smallest absolute Gasteiger partial charge is 0.407 e. The molecule has 328 valence electrons. The Morgan fingerprint density at radius 3 is 1.60 bits per heavy atom. The average Bonchev–Trinajstić information content (AvgIpc) is 4.12. The predicted molar refractivity (Wildman–Crippen MR) is 237 cm³/mol. The number of aliphatic hydroxyl groups is 1. The van der Waals surface area contributed by atoms with Crippen LogP contribution in [0.25, 0.3) is 44.3 Å². The van der Waals surface area contributed by atoms with Crippen LogP contribution in [0.2, 0.25) is 0 Å². The molecule has 5 aromatic rings. The second-order valence-corrected chi connectivity index (χ2v) is 18.5. The van der Waals surface area contributed by atoms with Crippen molar-refractivity contribution in [1.82, 2.24) is 40.4 Å². The summed E-state index contributed by atoms with van der Waals surface area (Å²) in [7, 11) is 2.71. The Balaban J connectivity index is 1.01. The highest BCUT2D eigenvalue weighted by Gasteiger charge is 2.40. The minimum atomic E-state index is -1.23. The summed E-state index contributed by atoms with van der Waals surface area (Å²) in [6.07, 6.45) is 6.26. The zero-order valence-corrected chi connectivity index (χ0v) is 36.7. The molecule has 14 heteroatoms. The monoisotopic (exact) mass is 844 g/mol. The SMILES string of the molecule is COC(=O)N[C@H](C(=O)N1CCC[C@H]1c1nc2ccc(-c3ccc(-c4ccc5nc([C@@H]6CCCN6C(=O)[C@@H](NC(O)OC)C(C)C)[nH]c5c4)c4c3C3CCC4CC3)cc2[nH]1)C(C)C. The lowest BCUT2D eigenvalue weighted by molar-refractivity contribution is -0.145. The Kier molecular flexibility index (Phi) is 11.6. The molecule has 3 amide bonds. The zero-order chi connectivity index (χ0) is 43.4. The highest BCUT2D eigenvalue weighted by molar-refractivity contribution is 5.89. The van der Waals surface area contributed by atoms with Gasteiger partial charge in [-0.2, -0.15) is 0 Å². The van der Waals surface area contributed by atoms with Crippen LogP contribution in [0.3, 0.4) is 0 Å². The number of amides is 3. The van der Waals surface area contributed by atoms with Gasteiger partial charge in [0.15, 0.2) is 0 Å².